The zero-order valence-electron chi connectivity index (χ0n) is 8.29. The number of nitrogens with two attached hydrogens (primary N) is 1. The molecule has 2 aromatic heterocycles. The Morgan fingerprint density at radius 2 is 2.53 bits per heavy atom. The largest absolute Gasteiger partial charge is 0.271 e. The second kappa shape index (κ2) is 4.47. The summed E-state index contributed by atoms with van der Waals surface area (Å²) in [4.78, 5) is 4.21. The molecule has 6 nitrogen and oxygen atoms in total. The van der Waals surface area contributed by atoms with E-state index >= 15 is 0 Å². The predicted octanol–water partition coefficient (Wildman–Crippen LogP) is 0.0187. The van der Waals surface area contributed by atoms with Gasteiger partial charge in [0, 0.05) is 25.0 Å². The quantitative estimate of drug-likeness (QED) is 0.565. The Balaban J connectivity index is 2.09. The first-order valence-corrected chi connectivity index (χ1v) is 5.43. The number of thiazole rings is 1. The molecule has 7 heteroatoms. The van der Waals surface area contributed by atoms with Crippen LogP contribution in [-0.4, -0.2) is 20.0 Å². The van der Waals surface area contributed by atoms with E-state index in [0.717, 1.165) is 11.4 Å². The van der Waals surface area contributed by atoms with Gasteiger partial charge in [0.25, 0.3) is 0 Å². The predicted molar refractivity (Wildman–Crippen MR) is 56.9 cm³/mol. The van der Waals surface area contributed by atoms with Gasteiger partial charge < -0.3 is 0 Å². The van der Waals surface area contributed by atoms with Gasteiger partial charge in [-0.2, -0.15) is 0 Å². The van der Waals surface area contributed by atoms with E-state index in [2.05, 4.69) is 20.7 Å². The minimum atomic E-state index is -0.00653. The SMILES string of the molecule is Cn1cc(CC(NN)c2cscn2)nn1. The molecular weight excluding hydrogens is 212 g/mol. The molecule has 0 aromatic carbocycles. The molecule has 0 aliphatic heterocycles. The van der Waals surface area contributed by atoms with Gasteiger partial charge in [0.1, 0.15) is 0 Å². The van der Waals surface area contributed by atoms with Crippen LogP contribution in [0.2, 0.25) is 0 Å². The van der Waals surface area contributed by atoms with Crippen LogP contribution in [-0.2, 0) is 13.5 Å². The molecule has 2 aromatic rings. The van der Waals surface area contributed by atoms with Gasteiger partial charge in [-0.1, -0.05) is 5.21 Å². The number of hydrogen-bond acceptors (Lipinski definition) is 6. The van der Waals surface area contributed by atoms with E-state index in [1.807, 2.05) is 18.6 Å². The molecule has 0 saturated heterocycles. The Morgan fingerprint density at radius 1 is 1.67 bits per heavy atom. The van der Waals surface area contributed by atoms with Gasteiger partial charge in [-0.25, -0.2) is 4.98 Å². The van der Waals surface area contributed by atoms with Crippen molar-refractivity contribution in [2.45, 2.75) is 12.5 Å². The standard InChI is InChI=1S/C8H12N6S/c1-14-3-6(12-13-14)2-7(11-9)8-4-15-5-10-8/h3-5,7,11H,2,9H2,1H3. The zero-order valence-corrected chi connectivity index (χ0v) is 9.11. The molecule has 0 saturated carbocycles. The van der Waals surface area contributed by atoms with Crippen molar-refractivity contribution >= 4 is 11.3 Å². The molecule has 80 valence electrons. The Morgan fingerprint density at radius 3 is 3.07 bits per heavy atom. The molecule has 0 bridgehead atoms. The second-order valence-corrected chi connectivity index (χ2v) is 3.94. The van der Waals surface area contributed by atoms with Crippen LogP contribution < -0.4 is 11.3 Å². The monoisotopic (exact) mass is 224 g/mol. The second-order valence-electron chi connectivity index (χ2n) is 3.22. The summed E-state index contributed by atoms with van der Waals surface area (Å²) in [6.45, 7) is 0. The lowest BCUT2D eigenvalue weighted by Crippen LogP contribution is -2.29. The summed E-state index contributed by atoms with van der Waals surface area (Å²) in [7, 11) is 1.84. The molecule has 0 aliphatic rings. The van der Waals surface area contributed by atoms with Crippen molar-refractivity contribution in [1.82, 2.24) is 25.4 Å². The molecular formula is C8H12N6S. The number of aryl methyl sites for hydroxylation is 1. The van der Waals surface area contributed by atoms with Gasteiger partial charge in [0.05, 0.1) is 22.9 Å². The maximum Gasteiger partial charge on any atom is 0.0847 e. The minimum Gasteiger partial charge on any atom is -0.271 e. The number of nitrogens with one attached hydrogen (secondary N) is 1. The fraction of sp³-hybridized carbons (Fsp3) is 0.375. The highest BCUT2D eigenvalue weighted by atomic mass is 32.1. The van der Waals surface area contributed by atoms with E-state index in [0.29, 0.717) is 6.42 Å². The van der Waals surface area contributed by atoms with Gasteiger partial charge in [0.2, 0.25) is 0 Å². The van der Waals surface area contributed by atoms with Gasteiger partial charge in [-0.15, -0.1) is 16.4 Å². The van der Waals surface area contributed by atoms with Crippen LogP contribution in [0.4, 0.5) is 0 Å². The Bertz CT molecular complexity index is 408. The average Bonchev–Trinajstić information content (AvgIpc) is 2.85. The molecule has 1 unspecified atom stereocenters. The van der Waals surface area contributed by atoms with E-state index in [9.17, 15) is 0 Å². The van der Waals surface area contributed by atoms with Crippen molar-refractivity contribution in [3.8, 4) is 0 Å². The van der Waals surface area contributed by atoms with Gasteiger partial charge in [0.15, 0.2) is 0 Å². The molecule has 0 spiro atoms. The normalized spacial score (nSPS) is 12.9. The van der Waals surface area contributed by atoms with Crippen LogP contribution in [0.3, 0.4) is 0 Å². The zero-order chi connectivity index (χ0) is 10.7. The molecule has 0 aliphatic carbocycles. The molecule has 0 fully saturated rings. The van der Waals surface area contributed by atoms with E-state index in [1.54, 1.807) is 21.5 Å². The van der Waals surface area contributed by atoms with Crippen LogP contribution >= 0.6 is 11.3 Å². The third kappa shape index (κ3) is 2.38. The Kier molecular flexibility index (Phi) is 3.05. The lowest BCUT2D eigenvalue weighted by Gasteiger charge is -2.10. The summed E-state index contributed by atoms with van der Waals surface area (Å²) in [5, 5.41) is 9.85. The highest BCUT2D eigenvalue weighted by Crippen LogP contribution is 2.15. The summed E-state index contributed by atoms with van der Waals surface area (Å²) in [5.74, 6) is 5.48. The van der Waals surface area contributed by atoms with E-state index in [4.69, 9.17) is 5.84 Å². The molecule has 0 radical (unpaired) electrons. The van der Waals surface area contributed by atoms with Crippen LogP contribution in [0.1, 0.15) is 17.4 Å². The first kappa shape index (κ1) is 10.2. The summed E-state index contributed by atoms with van der Waals surface area (Å²) in [6, 6.07) is -0.00653. The molecule has 2 heterocycles. The number of rotatable bonds is 4. The Hall–Kier alpha value is -1.31. The lowest BCUT2D eigenvalue weighted by atomic mass is 10.1. The van der Waals surface area contributed by atoms with Crippen molar-refractivity contribution in [1.29, 1.82) is 0 Å². The summed E-state index contributed by atoms with van der Waals surface area (Å²) in [5.41, 5.74) is 6.35. The van der Waals surface area contributed by atoms with Crippen molar-refractivity contribution in [3.63, 3.8) is 0 Å². The van der Waals surface area contributed by atoms with Crippen LogP contribution in [0.15, 0.2) is 17.1 Å². The van der Waals surface area contributed by atoms with Crippen molar-refractivity contribution in [2.75, 3.05) is 0 Å². The Labute approximate surface area is 91.1 Å². The fourth-order valence-corrected chi connectivity index (χ4v) is 1.95. The third-order valence-electron chi connectivity index (χ3n) is 2.07. The first-order valence-electron chi connectivity index (χ1n) is 4.49. The minimum absolute atomic E-state index is 0.00653. The number of aromatic nitrogens is 4. The summed E-state index contributed by atoms with van der Waals surface area (Å²) >= 11 is 1.55. The third-order valence-corrected chi connectivity index (χ3v) is 2.68. The van der Waals surface area contributed by atoms with Crippen molar-refractivity contribution in [2.24, 2.45) is 12.9 Å². The molecule has 2 rings (SSSR count). The summed E-state index contributed by atoms with van der Waals surface area (Å²) < 4.78 is 1.67. The van der Waals surface area contributed by atoms with Gasteiger partial charge in [-0.3, -0.25) is 16.0 Å². The van der Waals surface area contributed by atoms with E-state index in [1.165, 1.54) is 0 Å². The van der Waals surface area contributed by atoms with Crippen LogP contribution in [0.25, 0.3) is 0 Å². The molecule has 1 atom stereocenters. The topological polar surface area (TPSA) is 81.7 Å². The fourth-order valence-electron chi connectivity index (χ4n) is 1.34. The maximum atomic E-state index is 5.48. The molecule has 15 heavy (non-hydrogen) atoms. The van der Waals surface area contributed by atoms with Crippen LogP contribution in [0.5, 0.6) is 0 Å². The highest BCUT2D eigenvalue weighted by Gasteiger charge is 2.14. The van der Waals surface area contributed by atoms with Crippen molar-refractivity contribution in [3.05, 3.63) is 28.5 Å². The molecule has 3 N–H and O–H groups in total. The van der Waals surface area contributed by atoms with Gasteiger partial charge >= 0.3 is 0 Å². The number of hydrogen-bond donors (Lipinski definition) is 2. The van der Waals surface area contributed by atoms with E-state index < -0.39 is 0 Å². The van der Waals surface area contributed by atoms with Crippen LogP contribution in [0, 0.1) is 0 Å². The van der Waals surface area contributed by atoms with E-state index in [-0.39, 0.29) is 6.04 Å². The lowest BCUT2D eigenvalue weighted by molar-refractivity contribution is 0.535. The number of hydrazine groups is 1. The smallest absolute Gasteiger partial charge is 0.0847 e. The maximum absolute atomic E-state index is 5.48. The summed E-state index contributed by atoms with van der Waals surface area (Å²) in [6.07, 6.45) is 2.56. The van der Waals surface area contributed by atoms with Crippen molar-refractivity contribution < 1.29 is 0 Å². The average molecular weight is 224 g/mol. The highest BCUT2D eigenvalue weighted by molar-refractivity contribution is 7.07. The first-order chi connectivity index (χ1) is 7.29. The number of nitrogens with zero attached hydrogens (tertiary/aromatic N) is 4. The molecule has 0 amide bonds. The van der Waals surface area contributed by atoms with Gasteiger partial charge in [-0.05, 0) is 0 Å².